The number of benzene rings is 1. The summed E-state index contributed by atoms with van der Waals surface area (Å²) in [4.78, 5) is 11.3. The first-order valence-electron chi connectivity index (χ1n) is 4.34. The molecule has 4 heteroatoms. The van der Waals surface area contributed by atoms with E-state index in [9.17, 15) is 4.79 Å². The van der Waals surface area contributed by atoms with E-state index in [4.69, 9.17) is 5.73 Å². The van der Waals surface area contributed by atoms with Crippen molar-refractivity contribution in [3.05, 3.63) is 27.3 Å². The lowest BCUT2D eigenvalue weighted by molar-refractivity contribution is -0.117. The van der Waals surface area contributed by atoms with Crippen molar-refractivity contribution in [3.8, 4) is 0 Å². The van der Waals surface area contributed by atoms with Crippen LogP contribution in [0.5, 0.6) is 0 Å². The van der Waals surface area contributed by atoms with Crippen LogP contribution in [-0.4, -0.2) is 11.9 Å². The topological polar surface area (TPSA) is 55.1 Å². The Bertz CT molecular complexity index is 350. The molecule has 76 valence electrons. The molecule has 0 aliphatic heterocycles. The summed E-state index contributed by atoms with van der Waals surface area (Å²) in [6.45, 7) is 3.64. The van der Waals surface area contributed by atoms with Gasteiger partial charge < -0.3 is 11.1 Å². The molecule has 3 nitrogen and oxygen atoms in total. The molecule has 0 aliphatic rings. The molecule has 1 rings (SSSR count). The molecule has 0 spiro atoms. The van der Waals surface area contributed by atoms with Gasteiger partial charge in [-0.25, -0.2) is 0 Å². The summed E-state index contributed by atoms with van der Waals surface area (Å²) < 4.78 is 1.13. The van der Waals surface area contributed by atoms with E-state index < -0.39 is 6.04 Å². The summed E-state index contributed by atoms with van der Waals surface area (Å²) in [5.74, 6) is -0.157. The number of nitrogens with two attached hydrogens (primary N) is 1. The Morgan fingerprint density at radius 1 is 1.57 bits per heavy atom. The number of amides is 1. The minimum absolute atomic E-state index is 0.157. The smallest absolute Gasteiger partial charge is 0.241 e. The summed E-state index contributed by atoms with van der Waals surface area (Å²) in [7, 11) is 0. The Balaban J connectivity index is 2.87. The Labute approximate surface area is 97.2 Å². The van der Waals surface area contributed by atoms with Crippen molar-refractivity contribution >= 4 is 34.2 Å². The van der Waals surface area contributed by atoms with Crippen molar-refractivity contribution in [2.24, 2.45) is 5.73 Å². The van der Waals surface area contributed by atoms with Crippen LogP contribution in [0, 0.1) is 10.5 Å². The number of nitrogens with one attached hydrogen (secondary N) is 1. The van der Waals surface area contributed by atoms with E-state index >= 15 is 0 Å². The third-order valence-corrected chi connectivity index (χ3v) is 3.11. The van der Waals surface area contributed by atoms with Crippen LogP contribution in [0.15, 0.2) is 18.2 Å². The molecule has 0 radical (unpaired) electrons. The quantitative estimate of drug-likeness (QED) is 0.820. The van der Waals surface area contributed by atoms with E-state index in [1.165, 1.54) is 0 Å². The average molecular weight is 304 g/mol. The maximum absolute atomic E-state index is 11.3. The lowest BCUT2D eigenvalue weighted by atomic mass is 10.2. The Morgan fingerprint density at radius 3 is 2.79 bits per heavy atom. The molecule has 1 aromatic carbocycles. The van der Waals surface area contributed by atoms with Crippen LogP contribution >= 0.6 is 22.6 Å². The molecule has 0 fully saturated rings. The van der Waals surface area contributed by atoms with Crippen molar-refractivity contribution in [1.82, 2.24) is 0 Å². The summed E-state index contributed by atoms with van der Waals surface area (Å²) in [6.07, 6.45) is 0. The monoisotopic (exact) mass is 304 g/mol. The molecule has 1 atom stereocenters. The van der Waals surface area contributed by atoms with Gasteiger partial charge in [0, 0.05) is 9.26 Å². The van der Waals surface area contributed by atoms with Gasteiger partial charge in [-0.15, -0.1) is 0 Å². The molecule has 0 saturated carbocycles. The van der Waals surface area contributed by atoms with Gasteiger partial charge in [0.1, 0.15) is 0 Å². The zero-order valence-electron chi connectivity index (χ0n) is 8.17. The Kier molecular flexibility index (Phi) is 3.88. The number of rotatable bonds is 2. The van der Waals surface area contributed by atoms with Crippen molar-refractivity contribution in [2.45, 2.75) is 19.9 Å². The highest BCUT2D eigenvalue weighted by Crippen LogP contribution is 2.20. The SMILES string of the molecule is Cc1c(I)cccc1NC(=O)[C@@H](C)N. The molecule has 3 N–H and O–H groups in total. The van der Waals surface area contributed by atoms with Crippen molar-refractivity contribution in [1.29, 1.82) is 0 Å². The van der Waals surface area contributed by atoms with Crippen LogP contribution in [0.4, 0.5) is 5.69 Å². The minimum atomic E-state index is -0.479. The fourth-order valence-corrected chi connectivity index (χ4v) is 1.49. The Hall–Kier alpha value is -0.620. The van der Waals surface area contributed by atoms with Gasteiger partial charge in [-0.3, -0.25) is 4.79 Å². The third-order valence-electron chi connectivity index (χ3n) is 1.94. The highest BCUT2D eigenvalue weighted by atomic mass is 127. The highest BCUT2D eigenvalue weighted by Gasteiger charge is 2.09. The maximum atomic E-state index is 11.3. The molecule has 0 saturated heterocycles. The van der Waals surface area contributed by atoms with Crippen LogP contribution < -0.4 is 11.1 Å². The first kappa shape index (κ1) is 11.5. The average Bonchev–Trinajstić information content (AvgIpc) is 2.12. The number of hydrogen-bond acceptors (Lipinski definition) is 2. The van der Waals surface area contributed by atoms with E-state index in [2.05, 4.69) is 27.9 Å². The van der Waals surface area contributed by atoms with E-state index in [1.54, 1.807) is 6.92 Å². The molecule has 0 aliphatic carbocycles. The molecule has 1 aromatic rings. The first-order valence-corrected chi connectivity index (χ1v) is 5.42. The van der Waals surface area contributed by atoms with Gasteiger partial charge in [0.15, 0.2) is 0 Å². The molecule has 0 bridgehead atoms. The predicted molar refractivity (Wildman–Crippen MR) is 66.2 cm³/mol. The summed E-state index contributed by atoms with van der Waals surface area (Å²) in [6, 6.07) is 5.30. The standard InChI is InChI=1S/C10H13IN2O/c1-6-8(11)4-3-5-9(6)13-10(14)7(2)12/h3-5,7H,12H2,1-2H3,(H,13,14)/t7-/m1/s1. The lowest BCUT2D eigenvalue weighted by Gasteiger charge is -2.11. The number of halogens is 1. The number of carbonyl (C=O) groups excluding carboxylic acids is 1. The van der Waals surface area contributed by atoms with E-state index in [1.807, 2.05) is 25.1 Å². The van der Waals surface area contributed by atoms with E-state index in [-0.39, 0.29) is 5.91 Å². The predicted octanol–water partition coefficient (Wildman–Crippen LogP) is 1.89. The fourth-order valence-electron chi connectivity index (χ4n) is 0.989. The van der Waals surface area contributed by atoms with Crippen molar-refractivity contribution in [2.75, 3.05) is 5.32 Å². The van der Waals surface area contributed by atoms with E-state index in [0.717, 1.165) is 14.8 Å². The van der Waals surface area contributed by atoms with Gasteiger partial charge in [0.2, 0.25) is 5.91 Å². The summed E-state index contributed by atoms with van der Waals surface area (Å²) in [5, 5.41) is 2.78. The van der Waals surface area contributed by atoms with E-state index in [0.29, 0.717) is 0 Å². The second kappa shape index (κ2) is 4.75. The molecular weight excluding hydrogens is 291 g/mol. The second-order valence-corrected chi connectivity index (χ2v) is 4.35. The Morgan fingerprint density at radius 2 is 2.21 bits per heavy atom. The maximum Gasteiger partial charge on any atom is 0.241 e. The molecule has 1 amide bonds. The van der Waals surface area contributed by atoms with Gasteiger partial charge in [-0.05, 0) is 54.1 Å². The van der Waals surface area contributed by atoms with Gasteiger partial charge in [-0.1, -0.05) is 6.07 Å². The van der Waals surface area contributed by atoms with Crippen LogP contribution in [-0.2, 0) is 4.79 Å². The van der Waals surface area contributed by atoms with Crippen molar-refractivity contribution < 1.29 is 4.79 Å². The van der Waals surface area contributed by atoms with Crippen LogP contribution in [0.3, 0.4) is 0 Å². The molecule has 0 aromatic heterocycles. The number of hydrogen-bond donors (Lipinski definition) is 2. The van der Waals surface area contributed by atoms with Crippen LogP contribution in [0.2, 0.25) is 0 Å². The summed E-state index contributed by atoms with van der Waals surface area (Å²) >= 11 is 2.23. The second-order valence-electron chi connectivity index (χ2n) is 3.19. The van der Waals surface area contributed by atoms with Gasteiger partial charge in [0.05, 0.1) is 6.04 Å². The molecule has 0 unspecified atom stereocenters. The van der Waals surface area contributed by atoms with Gasteiger partial charge in [0.25, 0.3) is 0 Å². The normalized spacial score (nSPS) is 12.3. The van der Waals surface area contributed by atoms with Crippen LogP contribution in [0.1, 0.15) is 12.5 Å². The number of anilines is 1. The lowest BCUT2D eigenvalue weighted by Crippen LogP contribution is -2.32. The zero-order valence-corrected chi connectivity index (χ0v) is 10.3. The molecule has 0 heterocycles. The zero-order chi connectivity index (χ0) is 10.7. The molecule has 14 heavy (non-hydrogen) atoms. The summed E-state index contributed by atoms with van der Waals surface area (Å²) in [5.41, 5.74) is 7.36. The highest BCUT2D eigenvalue weighted by molar-refractivity contribution is 14.1. The minimum Gasteiger partial charge on any atom is -0.324 e. The van der Waals surface area contributed by atoms with Crippen LogP contribution in [0.25, 0.3) is 0 Å². The number of carbonyl (C=O) groups is 1. The molecular formula is C10H13IN2O. The largest absolute Gasteiger partial charge is 0.324 e. The first-order chi connectivity index (χ1) is 6.52. The third kappa shape index (κ3) is 2.68. The fraction of sp³-hybridized carbons (Fsp3) is 0.300. The van der Waals surface area contributed by atoms with Gasteiger partial charge >= 0.3 is 0 Å². The van der Waals surface area contributed by atoms with Crippen molar-refractivity contribution in [3.63, 3.8) is 0 Å². The van der Waals surface area contributed by atoms with Gasteiger partial charge in [-0.2, -0.15) is 0 Å².